The number of imide groups is 1. The first-order valence-electron chi connectivity index (χ1n) is 8.88. The SMILES string of the molecule is COc1ccccc1N1CCN(C(=O)C(=O)NC(=O)c2ccccc2N)CC1. The zero-order valence-corrected chi connectivity index (χ0v) is 15.6. The van der Waals surface area contributed by atoms with Crippen LogP contribution in [-0.4, -0.2) is 55.9 Å². The summed E-state index contributed by atoms with van der Waals surface area (Å²) in [7, 11) is 1.61. The van der Waals surface area contributed by atoms with Gasteiger partial charge in [-0.05, 0) is 24.3 Å². The molecule has 0 saturated carbocycles. The van der Waals surface area contributed by atoms with Crippen LogP contribution in [-0.2, 0) is 9.59 Å². The van der Waals surface area contributed by atoms with Gasteiger partial charge in [-0.25, -0.2) is 0 Å². The van der Waals surface area contributed by atoms with E-state index in [1.807, 2.05) is 24.3 Å². The minimum Gasteiger partial charge on any atom is -0.495 e. The van der Waals surface area contributed by atoms with Gasteiger partial charge in [-0.1, -0.05) is 24.3 Å². The quantitative estimate of drug-likeness (QED) is 0.603. The highest BCUT2D eigenvalue weighted by Gasteiger charge is 2.28. The van der Waals surface area contributed by atoms with Gasteiger partial charge in [-0.15, -0.1) is 0 Å². The maximum atomic E-state index is 12.4. The van der Waals surface area contributed by atoms with Crippen molar-refractivity contribution < 1.29 is 19.1 Å². The second-order valence-electron chi connectivity index (χ2n) is 6.32. The van der Waals surface area contributed by atoms with Crippen LogP contribution in [0.25, 0.3) is 0 Å². The molecule has 146 valence electrons. The molecule has 1 aliphatic rings. The third kappa shape index (κ3) is 4.06. The summed E-state index contributed by atoms with van der Waals surface area (Å²) in [4.78, 5) is 40.3. The van der Waals surface area contributed by atoms with Crippen LogP contribution in [0.1, 0.15) is 10.4 Å². The lowest BCUT2D eigenvalue weighted by atomic mass is 10.1. The Hall–Kier alpha value is -3.55. The molecule has 3 rings (SSSR count). The van der Waals surface area contributed by atoms with E-state index in [2.05, 4.69) is 10.2 Å². The molecule has 1 heterocycles. The number of benzene rings is 2. The van der Waals surface area contributed by atoms with Gasteiger partial charge < -0.3 is 20.3 Å². The predicted octanol–water partition coefficient (Wildman–Crippen LogP) is 0.883. The zero-order chi connectivity index (χ0) is 20.1. The van der Waals surface area contributed by atoms with Gasteiger partial charge >= 0.3 is 11.8 Å². The summed E-state index contributed by atoms with van der Waals surface area (Å²) < 4.78 is 5.37. The number of nitrogen functional groups attached to an aromatic ring is 1. The third-order valence-electron chi connectivity index (χ3n) is 4.62. The molecule has 3 N–H and O–H groups in total. The van der Waals surface area contributed by atoms with E-state index in [9.17, 15) is 14.4 Å². The van der Waals surface area contributed by atoms with Crippen LogP contribution in [0.4, 0.5) is 11.4 Å². The highest BCUT2D eigenvalue weighted by Crippen LogP contribution is 2.28. The Morgan fingerprint density at radius 2 is 1.61 bits per heavy atom. The highest BCUT2D eigenvalue weighted by molar-refractivity contribution is 6.38. The summed E-state index contributed by atoms with van der Waals surface area (Å²) >= 11 is 0. The number of ether oxygens (including phenoxy) is 1. The standard InChI is InChI=1S/C20H22N4O4/c1-28-17-9-5-4-8-16(17)23-10-12-24(13-11-23)20(27)19(26)22-18(25)14-6-2-3-7-15(14)21/h2-9H,10-13,21H2,1H3,(H,22,25,26). The number of carbonyl (C=O) groups excluding carboxylic acids is 3. The van der Waals surface area contributed by atoms with E-state index < -0.39 is 17.7 Å². The number of nitrogens with zero attached hydrogens (tertiary/aromatic N) is 2. The van der Waals surface area contributed by atoms with Gasteiger partial charge in [-0.3, -0.25) is 19.7 Å². The molecule has 1 fully saturated rings. The van der Waals surface area contributed by atoms with E-state index in [0.29, 0.717) is 26.2 Å². The molecule has 8 nitrogen and oxygen atoms in total. The normalized spacial score (nSPS) is 13.8. The molecular weight excluding hydrogens is 360 g/mol. The van der Waals surface area contributed by atoms with E-state index in [1.165, 1.54) is 11.0 Å². The Bertz CT molecular complexity index is 891. The summed E-state index contributed by atoms with van der Waals surface area (Å²) in [5.74, 6) is -1.63. The van der Waals surface area contributed by atoms with Gasteiger partial charge in [0.05, 0.1) is 18.4 Å². The molecule has 1 saturated heterocycles. The van der Waals surface area contributed by atoms with E-state index >= 15 is 0 Å². The molecule has 2 aromatic rings. The number of rotatable bonds is 3. The largest absolute Gasteiger partial charge is 0.495 e. The molecular formula is C20H22N4O4. The van der Waals surface area contributed by atoms with Crippen LogP contribution in [0.3, 0.4) is 0 Å². The molecule has 3 amide bonds. The molecule has 28 heavy (non-hydrogen) atoms. The molecule has 0 atom stereocenters. The van der Waals surface area contributed by atoms with E-state index in [1.54, 1.807) is 25.3 Å². The first-order chi connectivity index (χ1) is 13.5. The number of amides is 3. The summed E-state index contributed by atoms with van der Waals surface area (Å²) in [6, 6.07) is 14.0. The lowest BCUT2D eigenvalue weighted by Crippen LogP contribution is -2.53. The molecule has 0 unspecified atom stereocenters. The minimum atomic E-state index is -0.959. The lowest BCUT2D eigenvalue weighted by molar-refractivity contribution is -0.145. The lowest BCUT2D eigenvalue weighted by Gasteiger charge is -2.36. The predicted molar refractivity (Wildman–Crippen MR) is 105 cm³/mol. The van der Waals surface area contributed by atoms with Gasteiger partial charge in [0.15, 0.2) is 0 Å². The van der Waals surface area contributed by atoms with Crippen molar-refractivity contribution in [2.45, 2.75) is 0 Å². The smallest absolute Gasteiger partial charge is 0.316 e. The molecule has 1 aliphatic heterocycles. The van der Waals surface area contributed by atoms with Crippen LogP contribution in [0.5, 0.6) is 5.75 Å². The maximum Gasteiger partial charge on any atom is 0.316 e. The van der Waals surface area contributed by atoms with Crippen LogP contribution >= 0.6 is 0 Å². The fraction of sp³-hybridized carbons (Fsp3) is 0.250. The zero-order valence-electron chi connectivity index (χ0n) is 15.6. The number of para-hydroxylation sites is 3. The van der Waals surface area contributed by atoms with Crippen molar-refractivity contribution in [3.8, 4) is 5.75 Å². The number of methoxy groups -OCH3 is 1. The van der Waals surface area contributed by atoms with Crippen molar-refractivity contribution in [3.05, 3.63) is 54.1 Å². The topological polar surface area (TPSA) is 105 Å². The van der Waals surface area contributed by atoms with E-state index in [0.717, 1.165) is 11.4 Å². The molecule has 0 bridgehead atoms. The average Bonchev–Trinajstić information content (AvgIpc) is 2.73. The Balaban J connectivity index is 1.58. The first kappa shape index (κ1) is 19.2. The molecule has 2 aromatic carbocycles. The Morgan fingerprint density at radius 3 is 2.29 bits per heavy atom. The molecule has 0 aliphatic carbocycles. The minimum absolute atomic E-state index is 0.157. The van der Waals surface area contributed by atoms with Gasteiger partial charge in [0.1, 0.15) is 5.75 Å². The van der Waals surface area contributed by atoms with Crippen LogP contribution in [0.15, 0.2) is 48.5 Å². The Morgan fingerprint density at radius 1 is 0.964 bits per heavy atom. The average molecular weight is 382 g/mol. The summed E-state index contributed by atoms with van der Waals surface area (Å²) in [5, 5.41) is 2.11. The van der Waals surface area contributed by atoms with Crippen molar-refractivity contribution in [3.63, 3.8) is 0 Å². The highest BCUT2D eigenvalue weighted by atomic mass is 16.5. The molecule has 0 radical (unpaired) electrons. The maximum absolute atomic E-state index is 12.4. The van der Waals surface area contributed by atoms with Crippen molar-refractivity contribution in [1.29, 1.82) is 0 Å². The summed E-state index contributed by atoms with van der Waals surface area (Å²) in [6.07, 6.45) is 0. The second-order valence-corrected chi connectivity index (χ2v) is 6.32. The van der Waals surface area contributed by atoms with Gasteiger partial charge in [0.25, 0.3) is 5.91 Å². The number of nitrogens with one attached hydrogen (secondary N) is 1. The molecule has 0 aromatic heterocycles. The summed E-state index contributed by atoms with van der Waals surface area (Å²) in [6.45, 7) is 1.84. The van der Waals surface area contributed by atoms with E-state index in [4.69, 9.17) is 10.5 Å². The van der Waals surface area contributed by atoms with Gasteiger partial charge in [0, 0.05) is 31.9 Å². The number of carbonyl (C=O) groups is 3. The fourth-order valence-corrected chi connectivity index (χ4v) is 3.11. The number of hydrogen-bond acceptors (Lipinski definition) is 6. The Labute approximate surface area is 162 Å². The molecule has 8 heteroatoms. The van der Waals surface area contributed by atoms with Gasteiger partial charge in [0.2, 0.25) is 0 Å². The van der Waals surface area contributed by atoms with E-state index in [-0.39, 0.29) is 11.3 Å². The summed E-state index contributed by atoms with van der Waals surface area (Å²) in [5.41, 5.74) is 7.07. The number of nitrogens with two attached hydrogens (primary N) is 1. The number of piperazine rings is 1. The van der Waals surface area contributed by atoms with Crippen molar-refractivity contribution >= 4 is 29.1 Å². The number of anilines is 2. The Kier molecular flexibility index (Phi) is 5.78. The monoisotopic (exact) mass is 382 g/mol. The van der Waals surface area contributed by atoms with Crippen molar-refractivity contribution in [2.24, 2.45) is 0 Å². The fourth-order valence-electron chi connectivity index (χ4n) is 3.11. The van der Waals surface area contributed by atoms with Crippen molar-refractivity contribution in [2.75, 3.05) is 43.9 Å². The first-order valence-corrected chi connectivity index (χ1v) is 8.88. The van der Waals surface area contributed by atoms with Crippen molar-refractivity contribution in [1.82, 2.24) is 10.2 Å². The number of hydrogen-bond donors (Lipinski definition) is 2. The molecule has 0 spiro atoms. The van der Waals surface area contributed by atoms with Crippen LogP contribution < -0.4 is 20.7 Å². The second kappa shape index (κ2) is 8.43. The van der Waals surface area contributed by atoms with Crippen LogP contribution in [0, 0.1) is 0 Å². The van der Waals surface area contributed by atoms with Gasteiger partial charge in [-0.2, -0.15) is 0 Å². The third-order valence-corrected chi connectivity index (χ3v) is 4.62. The van der Waals surface area contributed by atoms with Crippen LogP contribution in [0.2, 0.25) is 0 Å².